The van der Waals surface area contributed by atoms with Gasteiger partial charge in [-0.3, -0.25) is 0 Å². The first-order chi connectivity index (χ1) is 9.11. The molecule has 0 saturated carbocycles. The van der Waals surface area contributed by atoms with Gasteiger partial charge in [0.25, 0.3) is 0 Å². The summed E-state index contributed by atoms with van der Waals surface area (Å²) in [6.45, 7) is 7.27. The van der Waals surface area contributed by atoms with Crippen molar-refractivity contribution in [3.63, 3.8) is 0 Å². The number of aromatic nitrogens is 2. The van der Waals surface area contributed by atoms with Crippen LogP contribution in [0.3, 0.4) is 0 Å². The fourth-order valence-electron chi connectivity index (χ4n) is 1.93. The summed E-state index contributed by atoms with van der Waals surface area (Å²) in [6.07, 6.45) is 2.96. The summed E-state index contributed by atoms with van der Waals surface area (Å²) in [6, 6.07) is 6.36. The van der Waals surface area contributed by atoms with Gasteiger partial charge in [0.2, 0.25) is 0 Å². The van der Waals surface area contributed by atoms with Crippen LogP contribution in [0.1, 0.15) is 24.5 Å². The number of benzene rings is 1. The smallest absolute Gasteiger partial charge is 0.161 e. The fourth-order valence-corrected chi connectivity index (χ4v) is 2.38. The Morgan fingerprint density at radius 3 is 2.74 bits per heavy atom. The number of rotatable bonds is 4. The van der Waals surface area contributed by atoms with Crippen LogP contribution < -0.4 is 5.32 Å². The zero-order valence-electron chi connectivity index (χ0n) is 11.5. The molecule has 0 fully saturated rings. The number of nitrogens with zero attached hydrogens (tertiary/aromatic N) is 2. The maximum absolute atomic E-state index is 4.64. The fraction of sp³-hybridized carbons (Fsp3) is 0.333. The van der Waals surface area contributed by atoms with Crippen LogP contribution in [0.5, 0.6) is 0 Å². The van der Waals surface area contributed by atoms with E-state index in [4.69, 9.17) is 0 Å². The third kappa shape index (κ3) is 3.43. The molecule has 1 aromatic heterocycles. The van der Waals surface area contributed by atoms with Crippen LogP contribution in [0, 0.1) is 17.4 Å². The van der Waals surface area contributed by atoms with Crippen molar-refractivity contribution in [2.45, 2.75) is 27.2 Å². The Morgan fingerprint density at radius 1 is 1.26 bits per heavy atom. The van der Waals surface area contributed by atoms with Crippen molar-refractivity contribution < 1.29 is 0 Å². The predicted octanol–water partition coefficient (Wildman–Crippen LogP) is 4.19. The summed E-state index contributed by atoms with van der Waals surface area (Å²) in [4.78, 5) is 9.09. The van der Waals surface area contributed by atoms with Crippen LogP contribution in [0.2, 0.25) is 0 Å². The third-order valence-corrected chi connectivity index (χ3v) is 3.70. The molecule has 0 bridgehead atoms. The van der Waals surface area contributed by atoms with Crippen molar-refractivity contribution >= 4 is 28.4 Å². The lowest BCUT2D eigenvalue weighted by Crippen LogP contribution is -2.06. The largest absolute Gasteiger partial charge is 0.369 e. The summed E-state index contributed by atoms with van der Waals surface area (Å²) in [5.74, 6) is 1.71. The van der Waals surface area contributed by atoms with Gasteiger partial charge < -0.3 is 5.32 Å². The number of anilines is 1. The van der Waals surface area contributed by atoms with Crippen LogP contribution in [0.25, 0.3) is 11.4 Å². The first-order valence-corrected chi connectivity index (χ1v) is 7.53. The summed E-state index contributed by atoms with van der Waals surface area (Å²) in [5.41, 5.74) is 3.57. The number of hydrogen-bond donors (Lipinski definition) is 1. The maximum Gasteiger partial charge on any atom is 0.161 e. The zero-order valence-corrected chi connectivity index (χ0v) is 13.7. The van der Waals surface area contributed by atoms with E-state index in [1.807, 2.05) is 6.20 Å². The number of hydrogen-bond acceptors (Lipinski definition) is 3. The highest BCUT2D eigenvalue weighted by molar-refractivity contribution is 14.1. The molecule has 0 spiro atoms. The van der Waals surface area contributed by atoms with Gasteiger partial charge >= 0.3 is 0 Å². The molecule has 0 unspecified atom stereocenters. The molecule has 19 heavy (non-hydrogen) atoms. The van der Waals surface area contributed by atoms with Crippen LogP contribution in [-0.2, 0) is 0 Å². The van der Waals surface area contributed by atoms with Crippen molar-refractivity contribution in [2.75, 3.05) is 11.9 Å². The Hall–Kier alpha value is -1.17. The van der Waals surface area contributed by atoms with Crippen LogP contribution in [0.15, 0.2) is 24.4 Å². The van der Waals surface area contributed by atoms with Gasteiger partial charge in [0, 0.05) is 18.3 Å². The van der Waals surface area contributed by atoms with Gasteiger partial charge in [-0.05, 0) is 48.4 Å². The maximum atomic E-state index is 4.64. The number of aryl methyl sites for hydroxylation is 2. The van der Waals surface area contributed by atoms with E-state index < -0.39 is 0 Å². The van der Waals surface area contributed by atoms with E-state index in [0.29, 0.717) is 0 Å². The first-order valence-electron chi connectivity index (χ1n) is 6.46. The molecule has 2 rings (SSSR count). The molecule has 100 valence electrons. The van der Waals surface area contributed by atoms with Crippen molar-refractivity contribution in [3.05, 3.63) is 39.1 Å². The monoisotopic (exact) mass is 367 g/mol. The van der Waals surface area contributed by atoms with Crippen molar-refractivity contribution in [1.29, 1.82) is 0 Å². The highest BCUT2D eigenvalue weighted by Crippen LogP contribution is 2.24. The van der Waals surface area contributed by atoms with Crippen molar-refractivity contribution in [2.24, 2.45) is 0 Å². The van der Waals surface area contributed by atoms with Gasteiger partial charge in [-0.15, -0.1) is 0 Å². The van der Waals surface area contributed by atoms with Gasteiger partial charge in [-0.25, -0.2) is 9.97 Å². The molecule has 1 aromatic carbocycles. The van der Waals surface area contributed by atoms with Gasteiger partial charge in [-0.1, -0.05) is 30.7 Å². The van der Waals surface area contributed by atoms with E-state index in [9.17, 15) is 0 Å². The van der Waals surface area contributed by atoms with E-state index in [0.717, 1.165) is 33.7 Å². The topological polar surface area (TPSA) is 37.8 Å². The molecule has 0 saturated heterocycles. The summed E-state index contributed by atoms with van der Waals surface area (Å²) in [5, 5.41) is 3.34. The minimum Gasteiger partial charge on any atom is -0.369 e. The predicted molar refractivity (Wildman–Crippen MR) is 88.4 cm³/mol. The molecule has 4 heteroatoms. The molecule has 2 aromatic rings. The minimum absolute atomic E-state index is 0.788. The summed E-state index contributed by atoms with van der Waals surface area (Å²) >= 11 is 2.26. The van der Waals surface area contributed by atoms with E-state index in [1.165, 1.54) is 11.1 Å². The summed E-state index contributed by atoms with van der Waals surface area (Å²) in [7, 11) is 0. The second-order valence-electron chi connectivity index (χ2n) is 4.64. The van der Waals surface area contributed by atoms with Crippen molar-refractivity contribution in [3.8, 4) is 11.4 Å². The van der Waals surface area contributed by atoms with E-state index in [1.54, 1.807) is 0 Å². The van der Waals surface area contributed by atoms with Gasteiger partial charge in [-0.2, -0.15) is 0 Å². The lowest BCUT2D eigenvalue weighted by molar-refractivity contribution is 0.963. The Labute approximate surface area is 128 Å². The molecule has 0 aliphatic rings. The molecule has 0 radical (unpaired) electrons. The second-order valence-corrected chi connectivity index (χ2v) is 5.80. The van der Waals surface area contributed by atoms with Crippen LogP contribution >= 0.6 is 22.6 Å². The van der Waals surface area contributed by atoms with E-state index in [-0.39, 0.29) is 0 Å². The standard InChI is InChI=1S/C15H18IN3/c1-4-7-17-15-13(16)9-18-14(19-15)12-6-5-10(2)8-11(12)3/h5-6,8-9H,4,7H2,1-3H3,(H,17,18,19). The minimum atomic E-state index is 0.788. The Kier molecular flexibility index (Phi) is 4.74. The number of nitrogens with one attached hydrogen (secondary N) is 1. The summed E-state index contributed by atoms with van der Waals surface area (Å²) < 4.78 is 1.06. The average molecular weight is 367 g/mol. The molecule has 0 amide bonds. The zero-order chi connectivity index (χ0) is 13.8. The Balaban J connectivity index is 2.39. The van der Waals surface area contributed by atoms with Crippen LogP contribution in [0.4, 0.5) is 5.82 Å². The average Bonchev–Trinajstić information content (AvgIpc) is 2.38. The quantitative estimate of drug-likeness (QED) is 0.824. The lowest BCUT2D eigenvalue weighted by Gasteiger charge is -2.10. The van der Waals surface area contributed by atoms with Crippen molar-refractivity contribution in [1.82, 2.24) is 9.97 Å². The molecule has 1 heterocycles. The molecule has 0 atom stereocenters. The van der Waals surface area contributed by atoms with Crippen LogP contribution in [-0.4, -0.2) is 16.5 Å². The molecule has 3 nitrogen and oxygen atoms in total. The molecule has 1 N–H and O–H groups in total. The SMILES string of the molecule is CCCNc1nc(-c2ccc(C)cc2C)ncc1I. The normalized spacial score (nSPS) is 10.5. The molecular weight excluding hydrogens is 349 g/mol. The molecule has 0 aliphatic heterocycles. The Bertz CT molecular complexity index is 582. The molecular formula is C15H18IN3. The number of halogens is 1. The van der Waals surface area contributed by atoms with Gasteiger partial charge in [0.15, 0.2) is 5.82 Å². The second kappa shape index (κ2) is 6.32. The van der Waals surface area contributed by atoms with E-state index in [2.05, 4.69) is 76.8 Å². The third-order valence-electron chi connectivity index (χ3n) is 2.91. The Morgan fingerprint density at radius 2 is 2.05 bits per heavy atom. The lowest BCUT2D eigenvalue weighted by atomic mass is 10.1. The molecule has 0 aliphatic carbocycles. The van der Waals surface area contributed by atoms with E-state index >= 15 is 0 Å². The van der Waals surface area contributed by atoms with Gasteiger partial charge in [0.1, 0.15) is 5.82 Å². The highest BCUT2D eigenvalue weighted by atomic mass is 127. The highest BCUT2D eigenvalue weighted by Gasteiger charge is 2.08. The first kappa shape index (κ1) is 14.2. The van der Waals surface area contributed by atoms with Gasteiger partial charge in [0.05, 0.1) is 3.57 Å².